The molecule has 33 heavy (non-hydrogen) atoms. The van der Waals surface area contributed by atoms with Crippen LogP contribution in [0.25, 0.3) is 0 Å². The van der Waals surface area contributed by atoms with Crippen molar-refractivity contribution < 1.29 is 18.0 Å². The molecule has 0 saturated carbocycles. The number of nitrogens with zero attached hydrogens (tertiary/aromatic N) is 2. The Morgan fingerprint density at radius 2 is 1.64 bits per heavy atom. The van der Waals surface area contributed by atoms with E-state index in [2.05, 4.69) is 5.32 Å². The Morgan fingerprint density at radius 3 is 2.21 bits per heavy atom. The molecule has 0 spiro atoms. The molecule has 2 rings (SSSR count). The second kappa shape index (κ2) is 12.0. The van der Waals surface area contributed by atoms with E-state index >= 15 is 0 Å². The summed E-state index contributed by atoms with van der Waals surface area (Å²) in [6.07, 6.45) is 0.734. The van der Waals surface area contributed by atoms with Gasteiger partial charge in [0.1, 0.15) is 6.04 Å². The van der Waals surface area contributed by atoms with E-state index in [9.17, 15) is 18.0 Å². The highest BCUT2D eigenvalue weighted by Gasteiger charge is 2.30. The molecule has 0 radical (unpaired) electrons. The average Bonchev–Trinajstić information content (AvgIpc) is 2.76. The molecular weight excluding hydrogens is 509 g/mol. The summed E-state index contributed by atoms with van der Waals surface area (Å²) in [6, 6.07) is 9.62. The number of halogens is 3. The van der Waals surface area contributed by atoms with Crippen molar-refractivity contribution in [2.75, 3.05) is 20.1 Å². The van der Waals surface area contributed by atoms with Gasteiger partial charge in [0.2, 0.25) is 21.8 Å². The zero-order valence-electron chi connectivity index (χ0n) is 18.5. The topological polar surface area (TPSA) is 86.8 Å². The maximum atomic E-state index is 13.2. The molecule has 0 bridgehead atoms. The van der Waals surface area contributed by atoms with Crippen molar-refractivity contribution in [2.45, 2.75) is 37.8 Å². The standard InChI is InChI=1S/C22H26Cl3N3O4S/c1-4-11-26-22(30)15(2)28(13-16-5-6-18(24)12-20(16)25)21(29)14-27(3)33(31,32)19-9-7-17(23)8-10-19/h5-10,12,15H,4,11,13-14H2,1-3H3,(H,26,30)/t15-/m0/s1. The van der Waals surface area contributed by atoms with Gasteiger partial charge < -0.3 is 10.2 Å². The second-order valence-electron chi connectivity index (χ2n) is 7.44. The Kier molecular flexibility index (Phi) is 10.00. The van der Waals surface area contributed by atoms with E-state index in [1.165, 1.54) is 36.2 Å². The quantitative estimate of drug-likeness (QED) is 0.495. The number of carbonyl (C=O) groups is 2. The van der Waals surface area contributed by atoms with Gasteiger partial charge in [-0.05, 0) is 55.3 Å². The highest BCUT2D eigenvalue weighted by molar-refractivity contribution is 7.89. The van der Waals surface area contributed by atoms with Gasteiger partial charge in [0.15, 0.2) is 0 Å². The van der Waals surface area contributed by atoms with E-state index in [0.717, 1.165) is 10.7 Å². The zero-order valence-corrected chi connectivity index (χ0v) is 21.6. The van der Waals surface area contributed by atoms with Crippen molar-refractivity contribution in [3.8, 4) is 0 Å². The fourth-order valence-electron chi connectivity index (χ4n) is 2.96. The van der Waals surface area contributed by atoms with Gasteiger partial charge in [-0.1, -0.05) is 47.8 Å². The first kappa shape index (κ1) is 27.4. The number of benzene rings is 2. The van der Waals surface area contributed by atoms with Gasteiger partial charge >= 0.3 is 0 Å². The highest BCUT2D eigenvalue weighted by atomic mass is 35.5. The minimum absolute atomic E-state index is 0.00299. The molecule has 1 N–H and O–H groups in total. The third kappa shape index (κ3) is 7.32. The van der Waals surface area contributed by atoms with E-state index in [-0.39, 0.29) is 17.3 Å². The summed E-state index contributed by atoms with van der Waals surface area (Å²) in [5.74, 6) is -0.904. The molecule has 180 valence electrons. The lowest BCUT2D eigenvalue weighted by Gasteiger charge is -2.30. The molecule has 2 aromatic rings. The summed E-state index contributed by atoms with van der Waals surface area (Å²) in [6.45, 7) is 3.49. The molecule has 0 saturated heterocycles. The number of carbonyl (C=O) groups excluding carboxylic acids is 2. The van der Waals surface area contributed by atoms with Crippen LogP contribution in [0.2, 0.25) is 15.1 Å². The lowest BCUT2D eigenvalue weighted by atomic mass is 10.1. The van der Waals surface area contributed by atoms with Crippen LogP contribution in [-0.4, -0.2) is 55.6 Å². The Balaban J connectivity index is 2.29. The zero-order chi connectivity index (χ0) is 24.8. The molecule has 0 unspecified atom stereocenters. The van der Waals surface area contributed by atoms with Crippen molar-refractivity contribution in [3.63, 3.8) is 0 Å². The van der Waals surface area contributed by atoms with Crippen LogP contribution in [-0.2, 0) is 26.2 Å². The molecule has 7 nitrogen and oxygen atoms in total. The van der Waals surface area contributed by atoms with Crippen LogP contribution in [0.1, 0.15) is 25.8 Å². The van der Waals surface area contributed by atoms with E-state index in [1.54, 1.807) is 25.1 Å². The van der Waals surface area contributed by atoms with Gasteiger partial charge in [-0.2, -0.15) is 4.31 Å². The molecule has 0 aliphatic carbocycles. The summed E-state index contributed by atoms with van der Waals surface area (Å²) in [7, 11) is -2.65. The van der Waals surface area contributed by atoms with Crippen molar-refractivity contribution in [1.82, 2.24) is 14.5 Å². The number of hydrogen-bond donors (Lipinski definition) is 1. The maximum Gasteiger partial charge on any atom is 0.243 e. The predicted molar refractivity (Wildman–Crippen MR) is 131 cm³/mol. The minimum atomic E-state index is -3.95. The number of amides is 2. The van der Waals surface area contributed by atoms with Gasteiger partial charge in [-0.15, -0.1) is 0 Å². The van der Waals surface area contributed by atoms with Crippen LogP contribution >= 0.6 is 34.8 Å². The number of rotatable bonds is 10. The maximum absolute atomic E-state index is 13.2. The van der Waals surface area contributed by atoms with Crippen molar-refractivity contribution in [3.05, 3.63) is 63.1 Å². The smallest absolute Gasteiger partial charge is 0.243 e. The largest absolute Gasteiger partial charge is 0.354 e. The van der Waals surface area contributed by atoms with E-state index < -0.39 is 28.5 Å². The Bertz CT molecular complexity index is 1090. The summed E-state index contributed by atoms with van der Waals surface area (Å²) in [4.78, 5) is 27.1. The van der Waals surface area contributed by atoms with Crippen LogP contribution in [0.15, 0.2) is 47.4 Å². The molecule has 1 atom stereocenters. The lowest BCUT2D eigenvalue weighted by Crippen LogP contribution is -2.50. The van der Waals surface area contributed by atoms with E-state index in [1.807, 2.05) is 6.92 Å². The van der Waals surface area contributed by atoms with E-state index in [0.29, 0.717) is 27.2 Å². The molecule has 0 aromatic heterocycles. The van der Waals surface area contributed by atoms with Gasteiger partial charge in [0.05, 0.1) is 11.4 Å². The first-order chi connectivity index (χ1) is 15.5. The predicted octanol–water partition coefficient (Wildman–Crippen LogP) is 4.21. The molecule has 0 aliphatic heterocycles. The summed E-state index contributed by atoms with van der Waals surface area (Å²) in [5.41, 5.74) is 0.577. The molecule has 11 heteroatoms. The molecule has 0 aliphatic rings. The minimum Gasteiger partial charge on any atom is -0.354 e. The lowest BCUT2D eigenvalue weighted by molar-refractivity contribution is -0.140. The third-order valence-corrected chi connectivity index (χ3v) is 7.61. The third-order valence-electron chi connectivity index (χ3n) is 4.95. The highest BCUT2D eigenvalue weighted by Crippen LogP contribution is 2.24. The molecule has 2 aromatic carbocycles. The van der Waals surface area contributed by atoms with Gasteiger partial charge in [0, 0.05) is 35.2 Å². The molecule has 0 heterocycles. The van der Waals surface area contributed by atoms with Crippen LogP contribution in [0.4, 0.5) is 0 Å². The monoisotopic (exact) mass is 533 g/mol. The number of nitrogens with one attached hydrogen (secondary N) is 1. The SMILES string of the molecule is CCCNC(=O)[C@H](C)N(Cc1ccc(Cl)cc1Cl)C(=O)CN(C)S(=O)(=O)c1ccc(Cl)cc1. The normalized spacial score (nSPS) is 12.5. The number of sulfonamides is 1. The van der Waals surface area contributed by atoms with Crippen molar-refractivity contribution in [2.24, 2.45) is 0 Å². The van der Waals surface area contributed by atoms with Crippen molar-refractivity contribution in [1.29, 1.82) is 0 Å². The molecule has 0 fully saturated rings. The number of likely N-dealkylation sites (N-methyl/N-ethyl adjacent to an activating group) is 1. The van der Waals surface area contributed by atoms with Gasteiger partial charge in [-0.3, -0.25) is 9.59 Å². The summed E-state index contributed by atoms with van der Waals surface area (Å²) < 4.78 is 26.7. The first-order valence-corrected chi connectivity index (χ1v) is 12.8. The second-order valence-corrected chi connectivity index (χ2v) is 10.8. The van der Waals surface area contributed by atoms with Crippen LogP contribution in [0, 0.1) is 0 Å². The Labute approximate surface area is 209 Å². The molecular formula is C22H26Cl3N3O4S. The van der Waals surface area contributed by atoms with E-state index in [4.69, 9.17) is 34.8 Å². The van der Waals surface area contributed by atoms with Crippen LogP contribution in [0.3, 0.4) is 0 Å². The fourth-order valence-corrected chi connectivity index (χ4v) is 4.68. The summed E-state index contributed by atoms with van der Waals surface area (Å²) in [5, 5.41) is 3.93. The van der Waals surface area contributed by atoms with Gasteiger partial charge in [-0.25, -0.2) is 8.42 Å². The van der Waals surface area contributed by atoms with Crippen molar-refractivity contribution >= 4 is 56.6 Å². The summed E-state index contributed by atoms with van der Waals surface area (Å²) >= 11 is 18.1. The van der Waals surface area contributed by atoms with Crippen LogP contribution < -0.4 is 5.32 Å². The Morgan fingerprint density at radius 1 is 1.03 bits per heavy atom. The molecule has 2 amide bonds. The van der Waals surface area contributed by atoms with Crippen LogP contribution in [0.5, 0.6) is 0 Å². The average molecular weight is 535 g/mol. The number of hydrogen-bond acceptors (Lipinski definition) is 4. The fraction of sp³-hybridized carbons (Fsp3) is 0.364. The van der Waals surface area contributed by atoms with Gasteiger partial charge in [0.25, 0.3) is 0 Å². The Hall–Kier alpha value is -1.84. The first-order valence-electron chi connectivity index (χ1n) is 10.2.